The summed E-state index contributed by atoms with van der Waals surface area (Å²) in [5, 5.41) is 6.93. The summed E-state index contributed by atoms with van der Waals surface area (Å²) in [6.45, 7) is 7.92. The molecule has 0 radical (unpaired) electrons. The van der Waals surface area contributed by atoms with Crippen LogP contribution in [0.1, 0.15) is 25.8 Å². The molecule has 0 spiro atoms. The smallest absolute Gasteiger partial charge is 0.241 e. The largest absolute Gasteiger partial charge is 0.357 e. The topological polar surface area (TPSA) is 56.7 Å². The first-order chi connectivity index (χ1) is 12.2. The van der Waals surface area contributed by atoms with Gasteiger partial charge in [-0.05, 0) is 25.3 Å². The van der Waals surface area contributed by atoms with Crippen molar-refractivity contribution >= 4 is 23.6 Å². The van der Waals surface area contributed by atoms with Crippen molar-refractivity contribution in [2.75, 3.05) is 38.5 Å². The molecule has 1 saturated heterocycles. The molecule has 2 N–H and O–H groups in total. The van der Waals surface area contributed by atoms with E-state index in [4.69, 9.17) is 0 Å². The number of carbonyl (C=O) groups is 1. The molecule has 1 aliphatic rings. The molecule has 1 aliphatic heterocycles. The van der Waals surface area contributed by atoms with E-state index in [0.717, 1.165) is 37.8 Å². The van der Waals surface area contributed by atoms with Crippen LogP contribution in [0.4, 0.5) is 0 Å². The molecule has 0 aliphatic carbocycles. The fourth-order valence-corrected chi connectivity index (χ4v) is 3.96. The molecule has 1 fully saturated rings. The number of benzene rings is 1. The molecule has 1 amide bonds. The highest BCUT2D eigenvalue weighted by atomic mass is 32.2. The minimum Gasteiger partial charge on any atom is -0.357 e. The Hall–Kier alpha value is -1.69. The van der Waals surface area contributed by atoms with Crippen LogP contribution in [0, 0.1) is 0 Å². The van der Waals surface area contributed by atoms with E-state index in [1.54, 1.807) is 0 Å². The Labute approximate surface area is 155 Å². The molecular formula is C19H30N4OS. The zero-order valence-electron chi connectivity index (χ0n) is 15.3. The number of thioether (sulfide) groups is 1. The maximum atomic E-state index is 12.1. The van der Waals surface area contributed by atoms with Crippen LogP contribution in [0.25, 0.3) is 0 Å². The van der Waals surface area contributed by atoms with Crippen molar-refractivity contribution in [1.82, 2.24) is 15.5 Å². The van der Waals surface area contributed by atoms with E-state index in [1.165, 1.54) is 12.0 Å². The summed E-state index contributed by atoms with van der Waals surface area (Å²) >= 11 is 2.03. The minimum absolute atomic E-state index is 0.0234. The molecule has 0 bridgehead atoms. The van der Waals surface area contributed by atoms with Crippen molar-refractivity contribution in [2.45, 2.75) is 31.9 Å². The minimum atomic E-state index is -0.0234. The Morgan fingerprint density at radius 1 is 1.28 bits per heavy atom. The first-order valence-corrected chi connectivity index (χ1v) is 10.2. The highest BCUT2D eigenvalue weighted by Gasteiger charge is 2.21. The maximum Gasteiger partial charge on any atom is 0.241 e. The van der Waals surface area contributed by atoms with Gasteiger partial charge in [0, 0.05) is 37.2 Å². The van der Waals surface area contributed by atoms with Crippen molar-refractivity contribution in [3.05, 3.63) is 35.9 Å². The monoisotopic (exact) mass is 362 g/mol. The van der Waals surface area contributed by atoms with E-state index in [2.05, 4.69) is 46.5 Å². The average Bonchev–Trinajstić information content (AvgIpc) is 2.66. The Morgan fingerprint density at radius 3 is 2.80 bits per heavy atom. The molecule has 2 rings (SSSR count). The van der Waals surface area contributed by atoms with Gasteiger partial charge in [-0.15, -0.1) is 0 Å². The van der Waals surface area contributed by atoms with Gasteiger partial charge < -0.3 is 15.5 Å². The van der Waals surface area contributed by atoms with Crippen LogP contribution in [-0.4, -0.2) is 60.5 Å². The number of nitrogens with one attached hydrogen (secondary N) is 2. The third-order valence-electron chi connectivity index (χ3n) is 4.18. The molecule has 5 nitrogen and oxygen atoms in total. The Kier molecular flexibility index (Phi) is 8.66. The van der Waals surface area contributed by atoms with E-state index in [9.17, 15) is 4.79 Å². The summed E-state index contributed by atoms with van der Waals surface area (Å²) in [7, 11) is 0. The molecule has 0 saturated carbocycles. The first-order valence-electron chi connectivity index (χ1n) is 9.18. The fraction of sp³-hybridized carbons (Fsp3) is 0.579. The molecule has 138 valence electrons. The van der Waals surface area contributed by atoms with E-state index >= 15 is 0 Å². The predicted molar refractivity (Wildman–Crippen MR) is 107 cm³/mol. The second kappa shape index (κ2) is 11.0. The van der Waals surface area contributed by atoms with Crippen molar-refractivity contribution in [2.24, 2.45) is 4.99 Å². The van der Waals surface area contributed by atoms with Crippen LogP contribution in [0.3, 0.4) is 0 Å². The number of guanidine groups is 1. The number of aliphatic imine (C=N–C) groups is 1. The van der Waals surface area contributed by atoms with E-state index in [1.807, 2.05) is 30.0 Å². The number of amides is 1. The second-order valence-electron chi connectivity index (χ2n) is 6.10. The van der Waals surface area contributed by atoms with Gasteiger partial charge in [0.25, 0.3) is 0 Å². The Balaban J connectivity index is 1.80. The van der Waals surface area contributed by atoms with Gasteiger partial charge in [0.15, 0.2) is 5.96 Å². The number of carbonyl (C=O) groups excluding carboxylic acids is 1. The predicted octanol–water partition coefficient (Wildman–Crippen LogP) is 2.14. The van der Waals surface area contributed by atoms with Gasteiger partial charge >= 0.3 is 0 Å². The van der Waals surface area contributed by atoms with Crippen LogP contribution in [-0.2, 0) is 11.2 Å². The lowest BCUT2D eigenvalue weighted by Gasteiger charge is -2.34. The average molecular weight is 363 g/mol. The van der Waals surface area contributed by atoms with Gasteiger partial charge in [0.2, 0.25) is 5.91 Å². The van der Waals surface area contributed by atoms with Gasteiger partial charge in [-0.3, -0.25) is 4.79 Å². The highest BCUT2D eigenvalue weighted by molar-refractivity contribution is 8.00. The molecule has 0 aromatic heterocycles. The Morgan fingerprint density at radius 2 is 2.08 bits per heavy atom. The number of hydrogen-bond donors (Lipinski definition) is 2. The fourth-order valence-electron chi connectivity index (χ4n) is 2.78. The third-order valence-corrected chi connectivity index (χ3v) is 5.55. The van der Waals surface area contributed by atoms with Gasteiger partial charge in [0.05, 0.1) is 0 Å². The Bertz CT molecular complexity index is 550. The summed E-state index contributed by atoms with van der Waals surface area (Å²) in [6, 6.07) is 10.2. The highest BCUT2D eigenvalue weighted by Crippen LogP contribution is 2.20. The van der Waals surface area contributed by atoms with E-state index in [-0.39, 0.29) is 12.5 Å². The van der Waals surface area contributed by atoms with Gasteiger partial charge in [-0.2, -0.15) is 11.8 Å². The summed E-state index contributed by atoms with van der Waals surface area (Å²) in [4.78, 5) is 18.9. The lowest BCUT2D eigenvalue weighted by Crippen LogP contribution is -2.48. The summed E-state index contributed by atoms with van der Waals surface area (Å²) in [5.74, 6) is 1.95. The standard InChI is InChI=1S/C19H30N4OS/c1-3-17-15-23(12-13-25-17)19(20-4-2)22-14-18(24)21-11-10-16-8-6-5-7-9-16/h5-9,17H,3-4,10-15H2,1-2H3,(H,20,22)(H,21,24). The zero-order chi connectivity index (χ0) is 17.9. The zero-order valence-corrected chi connectivity index (χ0v) is 16.1. The van der Waals surface area contributed by atoms with Crippen LogP contribution in [0.2, 0.25) is 0 Å². The van der Waals surface area contributed by atoms with E-state index in [0.29, 0.717) is 11.8 Å². The van der Waals surface area contributed by atoms with Gasteiger partial charge in [-0.1, -0.05) is 37.3 Å². The molecule has 1 aromatic carbocycles. The van der Waals surface area contributed by atoms with Gasteiger partial charge in [-0.25, -0.2) is 4.99 Å². The van der Waals surface area contributed by atoms with Crippen LogP contribution in [0.5, 0.6) is 0 Å². The maximum absolute atomic E-state index is 12.1. The number of nitrogens with zero attached hydrogens (tertiary/aromatic N) is 2. The molecule has 1 unspecified atom stereocenters. The number of hydrogen-bond acceptors (Lipinski definition) is 3. The normalized spacial score (nSPS) is 18.1. The molecule has 1 heterocycles. The SMILES string of the molecule is CCNC(=NCC(=O)NCCc1ccccc1)N1CCSC(CC)C1. The molecule has 1 atom stereocenters. The van der Waals surface area contributed by atoms with Crippen molar-refractivity contribution < 1.29 is 4.79 Å². The van der Waals surface area contributed by atoms with E-state index < -0.39 is 0 Å². The summed E-state index contributed by atoms with van der Waals surface area (Å²) in [6.07, 6.45) is 2.01. The lowest BCUT2D eigenvalue weighted by atomic mass is 10.1. The number of rotatable bonds is 7. The van der Waals surface area contributed by atoms with Crippen molar-refractivity contribution in [1.29, 1.82) is 0 Å². The molecule has 1 aromatic rings. The molecular weight excluding hydrogens is 332 g/mol. The van der Waals surface area contributed by atoms with Crippen LogP contribution in [0.15, 0.2) is 35.3 Å². The third kappa shape index (κ3) is 6.98. The molecule has 6 heteroatoms. The van der Waals surface area contributed by atoms with Gasteiger partial charge in [0.1, 0.15) is 6.54 Å². The lowest BCUT2D eigenvalue weighted by molar-refractivity contribution is -0.119. The first kappa shape index (κ1) is 19.6. The van der Waals surface area contributed by atoms with Crippen LogP contribution >= 0.6 is 11.8 Å². The quantitative estimate of drug-likeness (QED) is 0.576. The summed E-state index contributed by atoms with van der Waals surface area (Å²) in [5.41, 5.74) is 1.23. The van der Waals surface area contributed by atoms with Crippen molar-refractivity contribution in [3.63, 3.8) is 0 Å². The van der Waals surface area contributed by atoms with Crippen LogP contribution < -0.4 is 10.6 Å². The summed E-state index contributed by atoms with van der Waals surface area (Å²) < 4.78 is 0. The second-order valence-corrected chi connectivity index (χ2v) is 7.51. The molecule has 25 heavy (non-hydrogen) atoms. The van der Waals surface area contributed by atoms with Crippen molar-refractivity contribution in [3.8, 4) is 0 Å².